The van der Waals surface area contributed by atoms with Crippen molar-refractivity contribution in [1.82, 2.24) is 34.2 Å². The zero-order valence-corrected chi connectivity index (χ0v) is 22.9. The number of rotatable bonds is 8. The van der Waals surface area contributed by atoms with Crippen LogP contribution >= 0.6 is 0 Å². The third-order valence-corrected chi connectivity index (χ3v) is 7.75. The van der Waals surface area contributed by atoms with E-state index in [1.165, 1.54) is 12.1 Å². The van der Waals surface area contributed by atoms with Crippen LogP contribution in [0.25, 0.3) is 16.7 Å². The largest absolute Gasteiger partial charge is 0.379 e. The molecular formula is C29H34F2N8O. The fourth-order valence-corrected chi connectivity index (χ4v) is 5.43. The zero-order valence-electron chi connectivity index (χ0n) is 22.9. The Morgan fingerprint density at radius 1 is 1.00 bits per heavy atom. The van der Waals surface area contributed by atoms with Crippen molar-refractivity contribution in [3.8, 4) is 5.69 Å². The third-order valence-electron chi connectivity index (χ3n) is 7.75. The smallest absolute Gasteiger partial charge is 0.229 e. The first-order chi connectivity index (χ1) is 19.4. The minimum Gasteiger partial charge on any atom is -0.379 e. The second-order valence-electron chi connectivity index (χ2n) is 10.7. The Morgan fingerprint density at radius 2 is 1.80 bits per heavy atom. The van der Waals surface area contributed by atoms with Crippen LogP contribution in [0.15, 0.2) is 48.9 Å². The number of morpholine rings is 1. The van der Waals surface area contributed by atoms with Gasteiger partial charge in [-0.05, 0) is 50.8 Å². The number of hydrogen-bond donors (Lipinski definition) is 1. The minimum atomic E-state index is -0.574. The summed E-state index contributed by atoms with van der Waals surface area (Å²) in [5.41, 5.74) is 2.79. The summed E-state index contributed by atoms with van der Waals surface area (Å²) in [6.45, 7) is 5.53. The van der Waals surface area contributed by atoms with Crippen molar-refractivity contribution in [3.05, 3.63) is 71.8 Å². The van der Waals surface area contributed by atoms with Crippen LogP contribution in [0.1, 0.15) is 17.7 Å². The van der Waals surface area contributed by atoms with Gasteiger partial charge in [0.05, 0.1) is 24.6 Å². The molecule has 2 fully saturated rings. The van der Waals surface area contributed by atoms with Gasteiger partial charge < -0.3 is 19.5 Å². The van der Waals surface area contributed by atoms with E-state index in [4.69, 9.17) is 4.74 Å². The lowest BCUT2D eigenvalue weighted by molar-refractivity contribution is 0.0332. The maximum Gasteiger partial charge on any atom is 0.229 e. The Labute approximate surface area is 232 Å². The van der Waals surface area contributed by atoms with E-state index in [1.54, 1.807) is 23.2 Å². The molecule has 2 saturated heterocycles. The summed E-state index contributed by atoms with van der Waals surface area (Å²) in [6.07, 6.45) is 6.39. The Balaban J connectivity index is 1.20. The van der Waals surface area contributed by atoms with Crippen molar-refractivity contribution in [2.75, 3.05) is 58.8 Å². The van der Waals surface area contributed by atoms with Gasteiger partial charge in [-0.15, -0.1) is 0 Å². The van der Waals surface area contributed by atoms with Gasteiger partial charge in [0.2, 0.25) is 5.95 Å². The van der Waals surface area contributed by atoms with Crippen molar-refractivity contribution in [1.29, 1.82) is 0 Å². The number of aromatic nitrogens is 4. The summed E-state index contributed by atoms with van der Waals surface area (Å²) in [5, 5.41) is 4.04. The number of likely N-dealkylation sites (tertiary alicyclic amines) is 1. The molecule has 0 radical (unpaired) electrons. The van der Waals surface area contributed by atoms with Gasteiger partial charge in [-0.2, -0.15) is 4.98 Å². The lowest BCUT2D eigenvalue weighted by atomic mass is 10.1. The molecule has 11 heteroatoms. The van der Waals surface area contributed by atoms with Gasteiger partial charge >= 0.3 is 0 Å². The number of pyridine rings is 1. The minimum absolute atomic E-state index is 0.0683. The van der Waals surface area contributed by atoms with Crippen LogP contribution in [0.4, 0.5) is 20.4 Å². The number of benzene rings is 1. The highest BCUT2D eigenvalue weighted by Gasteiger charge is 2.24. The summed E-state index contributed by atoms with van der Waals surface area (Å²) in [5.74, 6) is -0.756. The van der Waals surface area contributed by atoms with E-state index in [9.17, 15) is 0 Å². The zero-order chi connectivity index (χ0) is 27.6. The average Bonchev–Trinajstić information content (AvgIpc) is 3.59. The Kier molecular flexibility index (Phi) is 7.70. The summed E-state index contributed by atoms with van der Waals surface area (Å²) >= 11 is 0. The molecule has 2 aliphatic heterocycles. The van der Waals surface area contributed by atoms with Crippen LogP contribution in [0.5, 0.6) is 0 Å². The van der Waals surface area contributed by atoms with Crippen LogP contribution in [-0.4, -0.2) is 93.7 Å². The van der Waals surface area contributed by atoms with Crippen LogP contribution in [-0.2, 0) is 17.8 Å². The fraction of sp³-hybridized carbons (Fsp3) is 0.414. The lowest BCUT2D eigenvalue weighted by Crippen LogP contribution is -2.36. The molecule has 1 atom stereocenters. The van der Waals surface area contributed by atoms with E-state index < -0.39 is 11.6 Å². The summed E-state index contributed by atoms with van der Waals surface area (Å²) in [7, 11) is 4.25. The van der Waals surface area contributed by atoms with E-state index in [1.807, 2.05) is 23.1 Å². The monoisotopic (exact) mass is 548 g/mol. The van der Waals surface area contributed by atoms with E-state index in [-0.39, 0.29) is 12.1 Å². The van der Waals surface area contributed by atoms with Gasteiger partial charge in [0, 0.05) is 80.5 Å². The molecule has 210 valence electrons. The molecule has 0 aliphatic carbocycles. The molecule has 0 bridgehead atoms. The maximum absolute atomic E-state index is 15.1. The molecule has 2 aliphatic rings. The number of anilines is 2. The molecule has 1 unspecified atom stereocenters. The standard InChI is InChI=1S/C29H34F2N8O/c1-36(2)23-5-7-38(18-23)17-22-13-21(3-6-32-22)34-29-33-16-20-4-8-39(28(20)35-29)24-14-26(30)25(27(31)15-24)19-37-9-11-40-12-10-37/h3-4,6,8,13-16,23H,5,7,9-12,17-19H2,1-2H3,(H,32,33,34,35). The van der Waals surface area contributed by atoms with Crippen molar-refractivity contribution in [2.45, 2.75) is 25.6 Å². The van der Waals surface area contributed by atoms with Crippen molar-refractivity contribution >= 4 is 22.7 Å². The Hall–Kier alpha value is -3.51. The third kappa shape index (κ3) is 5.83. The number of nitrogens with zero attached hydrogens (tertiary/aromatic N) is 7. The van der Waals surface area contributed by atoms with Gasteiger partial charge in [-0.1, -0.05) is 0 Å². The van der Waals surface area contributed by atoms with E-state index in [0.717, 1.165) is 42.8 Å². The molecule has 9 nitrogen and oxygen atoms in total. The summed E-state index contributed by atoms with van der Waals surface area (Å²) in [4.78, 5) is 20.4. The second kappa shape index (κ2) is 11.5. The molecule has 3 aromatic heterocycles. The molecule has 1 N–H and O–H groups in total. The van der Waals surface area contributed by atoms with Gasteiger partial charge in [-0.3, -0.25) is 14.8 Å². The van der Waals surface area contributed by atoms with Crippen molar-refractivity contribution < 1.29 is 13.5 Å². The first-order valence-corrected chi connectivity index (χ1v) is 13.7. The van der Waals surface area contributed by atoms with Crippen molar-refractivity contribution in [3.63, 3.8) is 0 Å². The number of hydrogen-bond acceptors (Lipinski definition) is 8. The molecule has 5 heterocycles. The summed E-state index contributed by atoms with van der Waals surface area (Å²) in [6, 6.07) is 9.01. The Morgan fingerprint density at radius 3 is 2.55 bits per heavy atom. The van der Waals surface area contributed by atoms with E-state index >= 15 is 8.78 Å². The predicted octanol–water partition coefficient (Wildman–Crippen LogP) is 3.81. The lowest BCUT2D eigenvalue weighted by Gasteiger charge is -2.27. The second-order valence-corrected chi connectivity index (χ2v) is 10.7. The quantitative estimate of drug-likeness (QED) is 0.357. The molecule has 40 heavy (non-hydrogen) atoms. The fourth-order valence-electron chi connectivity index (χ4n) is 5.43. The molecule has 0 spiro atoms. The summed E-state index contributed by atoms with van der Waals surface area (Å²) < 4.78 is 37.2. The number of fused-ring (bicyclic) bond motifs is 1. The molecule has 0 amide bonds. The first-order valence-electron chi connectivity index (χ1n) is 13.7. The first kappa shape index (κ1) is 26.7. The molecule has 6 rings (SSSR count). The maximum atomic E-state index is 15.1. The van der Waals surface area contributed by atoms with Crippen LogP contribution in [0.2, 0.25) is 0 Å². The number of ether oxygens (including phenoxy) is 1. The van der Waals surface area contributed by atoms with Gasteiger partial charge in [-0.25, -0.2) is 13.8 Å². The molecule has 4 aromatic rings. The average molecular weight is 549 g/mol. The highest BCUT2D eigenvalue weighted by atomic mass is 19.1. The normalized spacial score (nSPS) is 18.7. The van der Waals surface area contributed by atoms with E-state index in [0.29, 0.717) is 49.6 Å². The SMILES string of the molecule is CN(C)C1CCN(Cc2cc(Nc3ncc4ccn(-c5cc(F)c(CN6CCOCC6)c(F)c5)c4n3)ccn2)C1. The Bertz CT molecular complexity index is 1460. The van der Waals surface area contributed by atoms with Crippen LogP contribution in [0, 0.1) is 11.6 Å². The molecule has 0 saturated carbocycles. The number of likely N-dealkylation sites (N-methyl/N-ethyl adjacent to an activating group) is 1. The number of halogens is 2. The van der Waals surface area contributed by atoms with Crippen molar-refractivity contribution in [2.24, 2.45) is 0 Å². The van der Waals surface area contributed by atoms with Gasteiger partial charge in [0.25, 0.3) is 0 Å². The van der Waals surface area contributed by atoms with Crippen LogP contribution < -0.4 is 5.32 Å². The topological polar surface area (TPSA) is 74.6 Å². The predicted molar refractivity (Wildman–Crippen MR) is 150 cm³/mol. The van der Waals surface area contributed by atoms with Gasteiger partial charge in [0.1, 0.15) is 17.3 Å². The van der Waals surface area contributed by atoms with Crippen LogP contribution in [0.3, 0.4) is 0 Å². The van der Waals surface area contributed by atoms with E-state index in [2.05, 4.69) is 44.2 Å². The number of nitrogens with one attached hydrogen (secondary N) is 1. The molecular weight excluding hydrogens is 514 g/mol. The highest BCUT2D eigenvalue weighted by molar-refractivity contribution is 5.78. The highest BCUT2D eigenvalue weighted by Crippen LogP contribution is 2.25. The molecule has 1 aromatic carbocycles. The van der Waals surface area contributed by atoms with Gasteiger partial charge in [0.15, 0.2) is 0 Å².